The number of fused-ring (bicyclic) bond motifs is 5. The van der Waals surface area contributed by atoms with Crippen LogP contribution in [0.5, 0.6) is 0 Å². The molecule has 0 saturated heterocycles. The van der Waals surface area contributed by atoms with Crippen LogP contribution in [0.2, 0.25) is 19.6 Å². The molecule has 0 radical (unpaired) electrons. The number of hydrogen-bond acceptors (Lipinski definition) is 0. The zero-order valence-electron chi connectivity index (χ0n) is 33.9. The zero-order chi connectivity index (χ0) is 37.9. The Morgan fingerprint density at radius 1 is 0.673 bits per heavy atom. The predicted octanol–water partition coefficient (Wildman–Crippen LogP) is 13.1. The predicted molar refractivity (Wildman–Crippen MR) is 225 cm³/mol. The third-order valence-corrected chi connectivity index (χ3v) is 14.8. The van der Waals surface area contributed by atoms with E-state index in [0.29, 0.717) is 5.92 Å². The molecule has 0 spiro atoms. The van der Waals surface area contributed by atoms with Gasteiger partial charge in [-0.05, 0) is 66.4 Å². The van der Waals surface area contributed by atoms with Crippen molar-refractivity contribution >= 4 is 22.4 Å². The number of benzene rings is 4. The summed E-state index contributed by atoms with van der Waals surface area (Å²) in [5.41, 5.74) is 21.3. The fourth-order valence-electron chi connectivity index (χ4n) is 8.53. The van der Waals surface area contributed by atoms with Gasteiger partial charge in [-0.1, -0.05) is 97.6 Å². The van der Waals surface area contributed by atoms with Crippen molar-refractivity contribution in [2.75, 3.05) is 0 Å². The van der Waals surface area contributed by atoms with E-state index in [4.69, 9.17) is 0 Å². The van der Waals surface area contributed by atoms with Crippen molar-refractivity contribution in [1.29, 1.82) is 0 Å². The molecule has 0 heterocycles. The van der Waals surface area contributed by atoms with E-state index in [0.717, 1.165) is 6.42 Å². The second-order valence-corrected chi connectivity index (χ2v) is 24.0. The van der Waals surface area contributed by atoms with Crippen LogP contribution >= 0.6 is 0 Å². The van der Waals surface area contributed by atoms with Gasteiger partial charge in [0.15, 0.2) is 0 Å². The summed E-state index contributed by atoms with van der Waals surface area (Å²) in [6.45, 7) is 29.5. The van der Waals surface area contributed by atoms with Gasteiger partial charge in [0.05, 0.1) is 0 Å². The van der Waals surface area contributed by atoms with Crippen LogP contribution < -0.4 is 0 Å². The molecule has 0 bridgehead atoms. The van der Waals surface area contributed by atoms with Gasteiger partial charge in [0.2, 0.25) is 0 Å². The van der Waals surface area contributed by atoms with E-state index in [-0.39, 0.29) is 10.8 Å². The van der Waals surface area contributed by atoms with Gasteiger partial charge in [-0.3, -0.25) is 12.2 Å². The average Bonchev–Trinajstić information content (AvgIpc) is 3.74. The quantitative estimate of drug-likeness (QED) is 0.126. The van der Waals surface area contributed by atoms with Crippen molar-refractivity contribution in [3.63, 3.8) is 0 Å². The van der Waals surface area contributed by atoms with Crippen LogP contribution in [0.4, 0.5) is 0 Å². The second-order valence-electron chi connectivity index (χ2n) is 17.7. The van der Waals surface area contributed by atoms with Gasteiger partial charge in [-0.2, -0.15) is 11.6 Å². The van der Waals surface area contributed by atoms with Crippen molar-refractivity contribution < 1.29 is 24.2 Å². The second kappa shape index (κ2) is 14.2. The van der Waals surface area contributed by atoms with E-state index in [2.05, 4.69) is 186 Å². The average molecular weight is 776 g/mol. The number of rotatable bonds is 3. The Hall–Kier alpha value is -3.19. The molecule has 4 aliphatic carbocycles. The molecule has 0 saturated carbocycles. The monoisotopic (exact) mass is 774 g/mol. The summed E-state index contributed by atoms with van der Waals surface area (Å²) >= 11 is 1.46. The van der Waals surface area contributed by atoms with E-state index < -0.39 is 8.07 Å². The van der Waals surface area contributed by atoms with Gasteiger partial charge in [-0.25, -0.2) is 16.3 Å². The van der Waals surface area contributed by atoms with Crippen LogP contribution in [0.1, 0.15) is 111 Å². The first-order valence-corrected chi connectivity index (χ1v) is 23.7. The molecule has 1 unspecified atom stereocenters. The fourth-order valence-corrected chi connectivity index (χ4v) is 11.3. The van der Waals surface area contributed by atoms with Gasteiger partial charge in [0, 0.05) is 5.41 Å². The normalized spacial score (nSPS) is 18.3. The SMILES string of the molecule is CC1=[C-]C(C)(C)c2cc3c(cc21)-c1cc2c(cc1C3)C(C)(C)C=C2C.CC1=[C-]C(C)C=C1[Si](C)(C)C.Cc1ccc([C](=[Zr+2])c2ccc(C)cc2)cc1. The first-order chi connectivity index (χ1) is 24.2. The van der Waals surface area contributed by atoms with Crippen molar-refractivity contribution in [1.82, 2.24) is 0 Å². The molecule has 1 atom stereocenters. The summed E-state index contributed by atoms with van der Waals surface area (Å²) in [5.74, 6) is 0.553. The van der Waals surface area contributed by atoms with E-state index in [1.807, 2.05) is 0 Å². The van der Waals surface area contributed by atoms with E-state index in [9.17, 15) is 0 Å². The molecular weight excluding hydrogens is 720 g/mol. The van der Waals surface area contributed by atoms with E-state index in [1.165, 1.54) is 111 Å². The van der Waals surface area contributed by atoms with Crippen LogP contribution in [-0.4, -0.2) is 11.3 Å². The van der Waals surface area contributed by atoms with Gasteiger partial charge in [0.1, 0.15) is 0 Å². The molecule has 4 aliphatic rings. The minimum atomic E-state index is -1.07. The molecule has 4 aromatic rings. The molecule has 52 heavy (non-hydrogen) atoms. The van der Waals surface area contributed by atoms with Crippen LogP contribution in [0.3, 0.4) is 0 Å². The molecular formula is C50H56SiZr. The summed E-state index contributed by atoms with van der Waals surface area (Å²) in [6, 6.07) is 27.3. The van der Waals surface area contributed by atoms with Gasteiger partial charge >= 0.3 is 112 Å². The molecule has 0 fully saturated rings. The van der Waals surface area contributed by atoms with Crippen LogP contribution in [-0.2, 0) is 41.5 Å². The zero-order valence-corrected chi connectivity index (χ0v) is 37.3. The molecule has 264 valence electrons. The molecule has 4 aromatic carbocycles. The van der Waals surface area contributed by atoms with Crippen molar-refractivity contribution in [2.24, 2.45) is 5.92 Å². The van der Waals surface area contributed by atoms with E-state index in [1.54, 1.807) is 5.20 Å². The third-order valence-electron chi connectivity index (χ3n) is 11.2. The Labute approximate surface area is 331 Å². The van der Waals surface area contributed by atoms with Crippen LogP contribution in [0, 0.1) is 31.9 Å². The molecule has 0 aromatic heterocycles. The van der Waals surface area contributed by atoms with Crippen molar-refractivity contribution in [3.8, 4) is 11.1 Å². The fraction of sp³-hybridized carbons (Fsp3) is 0.340. The van der Waals surface area contributed by atoms with Crippen LogP contribution in [0.15, 0.2) is 95.7 Å². The molecule has 2 heteroatoms. The molecule has 0 nitrogen and oxygen atoms in total. The van der Waals surface area contributed by atoms with Crippen molar-refractivity contribution in [2.45, 2.75) is 106 Å². The van der Waals surface area contributed by atoms with Gasteiger partial charge in [-0.15, -0.1) is 11.6 Å². The molecule has 8 rings (SSSR count). The Morgan fingerprint density at radius 3 is 1.63 bits per heavy atom. The van der Waals surface area contributed by atoms with E-state index >= 15 is 0 Å². The first kappa shape index (κ1) is 38.5. The van der Waals surface area contributed by atoms with Gasteiger partial charge < -0.3 is 0 Å². The standard InChI is InChI=1S/C25H25.C15H14.C10H17Si.Zr/c1-14-12-24(3,4)22-8-16-7-17-9-23-19(15(2)13-25(23,5)6)11-21(17)20(16)10-18(14)22;1-12-3-7-14(8-4-12)11-15-9-5-13(2)6-10-15;1-8-6-9(2)10(7-8)11(3,4)5;/h8-12H,7H2,1-6H3;3-10H,1-2H3;7-8H,1-5H3;/q-1;;-1;+2. The molecule has 0 N–H and O–H groups in total. The topological polar surface area (TPSA) is 0 Å². The maximum atomic E-state index is 3.65. The molecule has 0 aliphatic heterocycles. The van der Waals surface area contributed by atoms with Crippen molar-refractivity contribution in [3.05, 3.63) is 164 Å². The number of allylic oxidation sites excluding steroid dienone is 8. The summed E-state index contributed by atoms with van der Waals surface area (Å²) < 4.78 is 1.42. The Bertz CT molecular complexity index is 2060. The summed E-state index contributed by atoms with van der Waals surface area (Å²) in [4.78, 5) is 0. The third kappa shape index (κ3) is 7.72. The minimum absolute atomic E-state index is 0.0340. The number of hydrogen-bond donors (Lipinski definition) is 0. The summed E-state index contributed by atoms with van der Waals surface area (Å²) in [5, 5.41) is 1.60. The summed E-state index contributed by atoms with van der Waals surface area (Å²) in [6.07, 6.45) is 12.9. The first-order valence-electron chi connectivity index (χ1n) is 19.0. The summed E-state index contributed by atoms with van der Waals surface area (Å²) in [7, 11) is -1.07. The Balaban J connectivity index is 0.000000148. The van der Waals surface area contributed by atoms with Gasteiger partial charge in [0.25, 0.3) is 0 Å². The van der Waals surface area contributed by atoms with Crippen LogP contribution in [0.25, 0.3) is 22.3 Å². The number of aryl methyl sites for hydroxylation is 2. The maximum absolute atomic E-state index is 3.65. The Morgan fingerprint density at radius 2 is 1.17 bits per heavy atom. The molecule has 0 amide bonds. The Kier molecular flexibility index (Phi) is 10.5.